The van der Waals surface area contributed by atoms with Crippen LogP contribution in [0, 0.1) is 0 Å². The Morgan fingerprint density at radius 1 is 1.32 bits per heavy atom. The average Bonchev–Trinajstić information content (AvgIpc) is 2.62. The van der Waals surface area contributed by atoms with E-state index in [0.717, 1.165) is 25.3 Å². The number of likely N-dealkylation sites (tertiary alicyclic amines) is 1. The number of hydrogen-bond donors (Lipinski definition) is 1. The summed E-state index contributed by atoms with van der Waals surface area (Å²) >= 11 is 0. The molecule has 1 N–H and O–H groups in total. The summed E-state index contributed by atoms with van der Waals surface area (Å²) in [5, 5.41) is 3.69. The second-order valence-corrected chi connectivity index (χ2v) is 7.84. The smallest absolute Gasteiger partial charge is 0.178 e. The topological polar surface area (TPSA) is 48.5 Å². The Balaban J connectivity index is 1.55. The maximum absolute atomic E-state index is 11.4. The van der Waals surface area contributed by atoms with Gasteiger partial charge >= 0.3 is 0 Å². The molecule has 1 atom stereocenters. The maximum Gasteiger partial charge on any atom is 0.178 e. The molecule has 2 saturated heterocycles. The minimum atomic E-state index is 0.0269. The van der Waals surface area contributed by atoms with Gasteiger partial charge in [0.05, 0.1) is 11.9 Å². The molecule has 2 aliphatic rings. The number of carbonyl (C=O) groups is 1. The summed E-state index contributed by atoms with van der Waals surface area (Å²) in [6, 6.07) is 4.57. The van der Waals surface area contributed by atoms with E-state index < -0.39 is 0 Å². The molecule has 0 spiro atoms. The van der Waals surface area contributed by atoms with Gasteiger partial charge in [-0.2, -0.15) is 0 Å². The van der Waals surface area contributed by atoms with Crippen molar-refractivity contribution in [3.63, 3.8) is 0 Å². The Morgan fingerprint density at radius 2 is 2.08 bits per heavy atom. The summed E-state index contributed by atoms with van der Waals surface area (Å²) < 4.78 is 0. The normalized spacial score (nSPS) is 26.0. The number of piperidine rings is 2. The first kappa shape index (κ1) is 18.3. The molecule has 0 amide bonds. The molecule has 5 heteroatoms. The molecule has 1 aromatic rings. The minimum absolute atomic E-state index is 0.0269. The van der Waals surface area contributed by atoms with E-state index in [0.29, 0.717) is 11.7 Å². The van der Waals surface area contributed by atoms with E-state index in [1.807, 2.05) is 18.3 Å². The van der Waals surface area contributed by atoms with Crippen molar-refractivity contribution in [3.8, 4) is 0 Å². The van der Waals surface area contributed by atoms with Crippen LogP contribution >= 0.6 is 0 Å². The van der Waals surface area contributed by atoms with Gasteiger partial charge in [0, 0.05) is 38.1 Å². The molecule has 0 aromatic carbocycles. The molecule has 0 bridgehead atoms. The summed E-state index contributed by atoms with van der Waals surface area (Å²) in [4.78, 5) is 20.8. The van der Waals surface area contributed by atoms with Gasteiger partial charge in [-0.25, -0.2) is 0 Å². The fourth-order valence-electron chi connectivity index (χ4n) is 4.43. The molecule has 25 heavy (non-hydrogen) atoms. The van der Waals surface area contributed by atoms with Gasteiger partial charge in [0.2, 0.25) is 0 Å². The van der Waals surface area contributed by atoms with Gasteiger partial charge in [0.25, 0.3) is 0 Å². The van der Waals surface area contributed by atoms with Crippen LogP contribution < -0.4 is 10.2 Å². The van der Waals surface area contributed by atoms with Gasteiger partial charge in [-0.1, -0.05) is 6.92 Å². The molecule has 0 aliphatic carbocycles. The zero-order chi connectivity index (χ0) is 17.9. The average molecular weight is 345 g/mol. The molecule has 1 aromatic heterocycles. The number of nitrogens with zero attached hydrogens (tertiary/aromatic N) is 3. The van der Waals surface area contributed by atoms with Gasteiger partial charge in [-0.3, -0.25) is 14.7 Å². The Hall–Kier alpha value is -1.46. The third-order valence-electron chi connectivity index (χ3n) is 5.78. The van der Waals surface area contributed by atoms with E-state index in [2.05, 4.69) is 33.9 Å². The van der Waals surface area contributed by atoms with Crippen LogP contribution in [0.5, 0.6) is 0 Å². The highest BCUT2D eigenvalue weighted by molar-refractivity contribution is 5.92. The summed E-state index contributed by atoms with van der Waals surface area (Å²) in [6.07, 6.45) is 6.83. The Labute approximate surface area is 151 Å². The summed E-state index contributed by atoms with van der Waals surface area (Å²) in [6.45, 7) is 11.7. The van der Waals surface area contributed by atoms with Crippen LogP contribution in [-0.2, 0) is 0 Å². The van der Waals surface area contributed by atoms with Crippen LogP contribution in [0.3, 0.4) is 0 Å². The lowest BCUT2D eigenvalue weighted by atomic mass is 9.88. The monoisotopic (exact) mass is 344 g/mol. The number of aromatic nitrogens is 1. The summed E-state index contributed by atoms with van der Waals surface area (Å²) in [5.41, 5.74) is 1.96. The lowest BCUT2D eigenvalue weighted by molar-refractivity contribution is 0.0814. The van der Waals surface area contributed by atoms with Gasteiger partial charge in [0.1, 0.15) is 5.69 Å². The molecule has 0 radical (unpaired) electrons. The number of likely N-dealkylation sites (N-methyl/N-ethyl adjacent to an activating group) is 1. The van der Waals surface area contributed by atoms with E-state index in [9.17, 15) is 4.79 Å². The zero-order valence-electron chi connectivity index (χ0n) is 15.9. The lowest BCUT2D eigenvalue weighted by Gasteiger charge is -2.47. The van der Waals surface area contributed by atoms with Gasteiger partial charge in [0.15, 0.2) is 5.78 Å². The Kier molecular flexibility index (Phi) is 5.74. The largest absolute Gasteiger partial charge is 0.370 e. The van der Waals surface area contributed by atoms with Crippen LogP contribution in [-0.4, -0.2) is 60.0 Å². The first-order chi connectivity index (χ1) is 12.0. The molecule has 2 aliphatic heterocycles. The Morgan fingerprint density at radius 3 is 2.68 bits per heavy atom. The van der Waals surface area contributed by atoms with Crippen LogP contribution in [0.2, 0.25) is 0 Å². The van der Waals surface area contributed by atoms with E-state index in [4.69, 9.17) is 0 Å². The van der Waals surface area contributed by atoms with E-state index in [1.165, 1.54) is 38.8 Å². The fourth-order valence-corrected chi connectivity index (χ4v) is 4.43. The van der Waals surface area contributed by atoms with Crippen molar-refractivity contribution in [2.75, 3.05) is 37.6 Å². The highest BCUT2D eigenvalue weighted by atomic mass is 16.1. The van der Waals surface area contributed by atoms with Crippen molar-refractivity contribution >= 4 is 11.5 Å². The van der Waals surface area contributed by atoms with Crippen LogP contribution in [0.4, 0.5) is 5.69 Å². The molecule has 3 heterocycles. The fraction of sp³-hybridized carbons (Fsp3) is 0.700. The van der Waals surface area contributed by atoms with Crippen molar-refractivity contribution in [2.24, 2.45) is 0 Å². The first-order valence-electron chi connectivity index (χ1n) is 9.72. The zero-order valence-corrected chi connectivity index (χ0v) is 15.9. The van der Waals surface area contributed by atoms with Gasteiger partial charge in [-0.05, 0) is 57.8 Å². The van der Waals surface area contributed by atoms with Crippen molar-refractivity contribution < 1.29 is 4.79 Å². The number of rotatable bonds is 5. The Bertz CT molecular complexity index is 576. The van der Waals surface area contributed by atoms with E-state index in [1.54, 1.807) is 6.92 Å². The predicted octanol–water partition coefficient (Wildman–Crippen LogP) is 2.72. The number of anilines is 1. The quantitative estimate of drug-likeness (QED) is 0.832. The van der Waals surface area contributed by atoms with E-state index in [-0.39, 0.29) is 11.3 Å². The van der Waals surface area contributed by atoms with Crippen molar-refractivity contribution in [2.45, 2.75) is 58.0 Å². The number of ketones is 1. The number of nitrogens with one attached hydrogen (secondary N) is 1. The standard InChI is InChI=1S/C20H32N4O/c1-4-22-20(3)10-5-11-24(15-20)17-8-12-23(13-9-17)18-6-7-19(16(2)25)21-14-18/h6-7,14,17,22H,4-5,8-13,15H2,1-3H3. The predicted molar refractivity (Wildman–Crippen MR) is 102 cm³/mol. The van der Waals surface area contributed by atoms with Crippen LogP contribution in [0.25, 0.3) is 0 Å². The molecular formula is C20H32N4O. The molecule has 5 nitrogen and oxygen atoms in total. The highest BCUT2D eigenvalue weighted by Crippen LogP contribution is 2.27. The number of Topliss-reactive ketones (excluding diaryl/α,β-unsaturated/α-hetero) is 1. The van der Waals surface area contributed by atoms with E-state index >= 15 is 0 Å². The van der Waals surface area contributed by atoms with Gasteiger partial charge < -0.3 is 10.2 Å². The second kappa shape index (κ2) is 7.83. The first-order valence-corrected chi connectivity index (χ1v) is 9.72. The molecular weight excluding hydrogens is 312 g/mol. The highest BCUT2D eigenvalue weighted by Gasteiger charge is 2.34. The maximum atomic E-state index is 11.4. The van der Waals surface area contributed by atoms with Gasteiger partial charge in [-0.15, -0.1) is 0 Å². The summed E-state index contributed by atoms with van der Waals surface area (Å²) in [5.74, 6) is 0.0269. The van der Waals surface area contributed by atoms with Crippen molar-refractivity contribution in [1.82, 2.24) is 15.2 Å². The molecule has 2 fully saturated rings. The summed E-state index contributed by atoms with van der Waals surface area (Å²) in [7, 11) is 0. The second-order valence-electron chi connectivity index (χ2n) is 7.84. The molecule has 138 valence electrons. The molecule has 0 saturated carbocycles. The van der Waals surface area contributed by atoms with Crippen molar-refractivity contribution in [3.05, 3.63) is 24.0 Å². The SMILES string of the molecule is CCNC1(C)CCCN(C2CCN(c3ccc(C(C)=O)nc3)CC2)C1. The van der Waals surface area contributed by atoms with Crippen LogP contribution in [0.1, 0.15) is 56.9 Å². The van der Waals surface area contributed by atoms with Crippen LogP contribution in [0.15, 0.2) is 18.3 Å². The number of pyridine rings is 1. The van der Waals surface area contributed by atoms with Crippen molar-refractivity contribution in [1.29, 1.82) is 0 Å². The number of hydrogen-bond acceptors (Lipinski definition) is 5. The molecule has 3 rings (SSSR count). The minimum Gasteiger partial charge on any atom is -0.370 e. The molecule has 1 unspecified atom stereocenters. The number of carbonyl (C=O) groups excluding carboxylic acids is 1. The third kappa shape index (κ3) is 4.39. The third-order valence-corrected chi connectivity index (χ3v) is 5.78. The lowest BCUT2D eigenvalue weighted by Crippen LogP contribution is -2.58.